The summed E-state index contributed by atoms with van der Waals surface area (Å²) in [4.78, 5) is 11.3. The topological polar surface area (TPSA) is 29.6 Å². The van der Waals surface area contributed by atoms with E-state index < -0.39 is 23.5 Å². The van der Waals surface area contributed by atoms with Crippen LogP contribution in [-0.2, 0) is 4.74 Å². The Morgan fingerprint density at radius 2 is 2.15 bits per heavy atom. The van der Waals surface area contributed by atoms with Crippen LogP contribution >= 0.6 is 0 Å². The lowest BCUT2D eigenvalue weighted by Crippen LogP contribution is -2.09. The zero-order valence-corrected chi connectivity index (χ0v) is 6.59. The summed E-state index contributed by atoms with van der Waals surface area (Å²) < 4.78 is 30.1. The van der Waals surface area contributed by atoms with E-state index in [1.54, 1.807) is 0 Å². The number of epoxide rings is 1. The summed E-state index contributed by atoms with van der Waals surface area (Å²) in [6.45, 7) is 0.329. The number of ketones is 1. The fourth-order valence-electron chi connectivity index (χ4n) is 1.06. The van der Waals surface area contributed by atoms with Crippen LogP contribution in [0, 0.1) is 11.6 Å². The molecule has 0 spiro atoms. The smallest absolute Gasteiger partial charge is 0.196 e. The molecule has 1 aromatic carbocycles. The maximum atomic E-state index is 13.0. The molecule has 0 aliphatic carbocycles. The summed E-state index contributed by atoms with van der Waals surface area (Å²) in [7, 11) is 0. The summed E-state index contributed by atoms with van der Waals surface area (Å²) in [5.41, 5.74) is -0.107. The molecule has 0 aromatic heterocycles. The summed E-state index contributed by atoms with van der Waals surface area (Å²) >= 11 is 0. The van der Waals surface area contributed by atoms with E-state index in [0.717, 1.165) is 12.1 Å². The van der Waals surface area contributed by atoms with Crippen molar-refractivity contribution >= 4 is 5.78 Å². The second kappa shape index (κ2) is 2.88. The first-order valence-electron chi connectivity index (χ1n) is 3.79. The van der Waals surface area contributed by atoms with Crippen LogP contribution in [0.15, 0.2) is 18.2 Å². The van der Waals surface area contributed by atoms with Gasteiger partial charge in [-0.25, -0.2) is 8.78 Å². The Balaban J connectivity index is 2.33. The number of ether oxygens (including phenoxy) is 1. The van der Waals surface area contributed by atoms with Crippen LogP contribution in [-0.4, -0.2) is 18.5 Å². The molecular weight excluding hydrogens is 178 g/mol. The summed E-state index contributed by atoms with van der Waals surface area (Å²) in [6.07, 6.45) is -0.528. The molecule has 13 heavy (non-hydrogen) atoms. The van der Waals surface area contributed by atoms with Gasteiger partial charge in [0.25, 0.3) is 0 Å². The molecule has 1 aliphatic heterocycles. The number of hydrogen-bond donors (Lipinski definition) is 0. The quantitative estimate of drug-likeness (QED) is 0.515. The minimum Gasteiger partial charge on any atom is -0.364 e. The van der Waals surface area contributed by atoms with Gasteiger partial charge in [-0.1, -0.05) is 0 Å². The minimum absolute atomic E-state index is 0.107. The van der Waals surface area contributed by atoms with Crippen molar-refractivity contribution in [3.8, 4) is 0 Å². The van der Waals surface area contributed by atoms with Crippen LogP contribution < -0.4 is 0 Å². The van der Waals surface area contributed by atoms with Crippen molar-refractivity contribution in [3.05, 3.63) is 35.4 Å². The highest BCUT2D eigenvalue weighted by Gasteiger charge is 2.33. The molecule has 0 bridgehead atoms. The molecule has 1 aromatic rings. The molecule has 0 radical (unpaired) electrons. The molecule has 1 aliphatic rings. The van der Waals surface area contributed by atoms with Gasteiger partial charge in [0.15, 0.2) is 5.78 Å². The lowest BCUT2D eigenvalue weighted by molar-refractivity contribution is 0.0949. The van der Waals surface area contributed by atoms with Gasteiger partial charge in [0.1, 0.15) is 17.7 Å². The van der Waals surface area contributed by atoms with E-state index in [2.05, 4.69) is 0 Å². The minimum atomic E-state index is -0.833. The Kier molecular flexibility index (Phi) is 1.84. The number of Topliss-reactive ketones (excluding diaryl/α,β-unsaturated/α-hetero) is 1. The lowest BCUT2D eigenvalue weighted by Gasteiger charge is -1.98. The monoisotopic (exact) mass is 184 g/mol. The van der Waals surface area contributed by atoms with Crippen LogP contribution in [0.3, 0.4) is 0 Å². The maximum absolute atomic E-state index is 13.0. The first-order chi connectivity index (χ1) is 6.18. The second-order valence-electron chi connectivity index (χ2n) is 2.81. The van der Waals surface area contributed by atoms with E-state index in [1.165, 1.54) is 0 Å². The Bertz CT molecular complexity index is 359. The molecule has 4 heteroatoms. The largest absolute Gasteiger partial charge is 0.364 e. The summed E-state index contributed by atoms with van der Waals surface area (Å²) in [6, 6.07) is 2.88. The third kappa shape index (κ3) is 1.58. The number of carbonyl (C=O) groups is 1. The lowest BCUT2D eigenvalue weighted by atomic mass is 10.1. The molecule has 2 rings (SSSR count). The molecular formula is C9H6F2O2. The van der Waals surface area contributed by atoms with Gasteiger partial charge in [0.05, 0.1) is 12.2 Å². The van der Waals surface area contributed by atoms with E-state index in [1.807, 2.05) is 0 Å². The van der Waals surface area contributed by atoms with Gasteiger partial charge < -0.3 is 4.74 Å². The van der Waals surface area contributed by atoms with Crippen LogP contribution in [0.2, 0.25) is 0 Å². The van der Waals surface area contributed by atoms with Crippen LogP contribution in [0.25, 0.3) is 0 Å². The van der Waals surface area contributed by atoms with E-state index in [4.69, 9.17) is 4.74 Å². The third-order valence-corrected chi connectivity index (χ3v) is 1.82. The van der Waals surface area contributed by atoms with Crippen LogP contribution in [0.4, 0.5) is 8.78 Å². The van der Waals surface area contributed by atoms with E-state index >= 15 is 0 Å². The molecule has 2 nitrogen and oxygen atoms in total. The Morgan fingerprint density at radius 3 is 2.69 bits per heavy atom. The zero-order valence-electron chi connectivity index (χ0n) is 6.59. The average molecular weight is 184 g/mol. The molecule has 1 heterocycles. The highest BCUT2D eigenvalue weighted by molar-refractivity contribution is 6.01. The van der Waals surface area contributed by atoms with Gasteiger partial charge in [-0.2, -0.15) is 0 Å². The number of halogens is 2. The average Bonchev–Trinajstić information content (AvgIpc) is 2.85. The first kappa shape index (κ1) is 8.31. The number of rotatable bonds is 2. The van der Waals surface area contributed by atoms with Crippen molar-refractivity contribution in [2.45, 2.75) is 6.10 Å². The molecule has 0 saturated carbocycles. The van der Waals surface area contributed by atoms with E-state index in [-0.39, 0.29) is 5.56 Å². The summed E-state index contributed by atoms with van der Waals surface area (Å²) in [5.74, 6) is -1.94. The fourth-order valence-corrected chi connectivity index (χ4v) is 1.06. The highest BCUT2D eigenvalue weighted by Crippen LogP contribution is 2.19. The van der Waals surface area contributed by atoms with Gasteiger partial charge >= 0.3 is 0 Å². The van der Waals surface area contributed by atoms with Crippen molar-refractivity contribution in [2.24, 2.45) is 0 Å². The SMILES string of the molecule is O=C(c1ccc(F)cc1F)C1CO1. The molecule has 0 amide bonds. The van der Waals surface area contributed by atoms with Crippen molar-refractivity contribution < 1.29 is 18.3 Å². The van der Waals surface area contributed by atoms with Crippen molar-refractivity contribution in [1.82, 2.24) is 0 Å². The molecule has 68 valence electrons. The predicted octanol–water partition coefficient (Wildman–Crippen LogP) is 1.55. The Hall–Kier alpha value is -1.29. The molecule has 1 saturated heterocycles. The standard InChI is InChI=1S/C9H6F2O2/c10-5-1-2-6(7(11)3-5)9(12)8-4-13-8/h1-3,8H,4H2. The van der Waals surface area contributed by atoms with Crippen molar-refractivity contribution in [1.29, 1.82) is 0 Å². The molecule has 1 atom stereocenters. The summed E-state index contributed by atoms with van der Waals surface area (Å²) in [5, 5.41) is 0. The van der Waals surface area contributed by atoms with Crippen LogP contribution in [0.5, 0.6) is 0 Å². The van der Waals surface area contributed by atoms with Crippen molar-refractivity contribution in [2.75, 3.05) is 6.61 Å². The van der Waals surface area contributed by atoms with Crippen LogP contribution in [0.1, 0.15) is 10.4 Å². The molecule has 0 N–H and O–H groups in total. The van der Waals surface area contributed by atoms with Crippen molar-refractivity contribution in [3.63, 3.8) is 0 Å². The maximum Gasteiger partial charge on any atom is 0.196 e. The second-order valence-corrected chi connectivity index (χ2v) is 2.81. The van der Waals surface area contributed by atoms with Gasteiger partial charge in [-0.3, -0.25) is 4.79 Å². The van der Waals surface area contributed by atoms with Gasteiger partial charge in [0.2, 0.25) is 0 Å². The van der Waals surface area contributed by atoms with Gasteiger partial charge in [0, 0.05) is 6.07 Å². The van der Waals surface area contributed by atoms with E-state index in [9.17, 15) is 13.6 Å². The van der Waals surface area contributed by atoms with Gasteiger partial charge in [-0.05, 0) is 12.1 Å². The Labute approximate surface area is 73.1 Å². The number of hydrogen-bond acceptors (Lipinski definition) is 2. The normalized spacial score (nSPS) is 20.0. The van der Waals surface area contributed by atoms with Gasteiger partial charge in [-0.15, -0.1) is 0 Å². The highest BCUT2D eigenvalue weighted by atomic mass is 19.1. The first-order valence-corrected chi connectivity index (χ1v) is 3.79. The third-order valence-electron chi connectivity index (χ3n) is 1.82. The predicted molar refractivity (Wildman–Crippen MR) is 40.4 cm³/mol. The number of carbonyl (C=O) groups excluding carboxylic acids is 1. The number of benzene rings is 1. The fraction of sp³-hybridized carbons (Fsp3) is 0.222. The Morgan fingerprint density at radius 1 is 1.46 bits per heavy atom. The zero-order chi connectivity index (χ0) is 9.42. The molecule has 1 fully saturated rings. The van der Waals surface area contributed by atoms with E-state index in [0.29, 0.717) is 12.7 Å². The molecule has 1 unspecified atom stereocenters.